The highest BCUT2D eigenvalue weighted by atomic mass is 32.2. The summed E-state index contributed by atoms with van der Waals surface area (Å²) < 4.78 is 57.3. The van der Waals surface area contributed by atoms with Gasteiger partial charge in [0.25, 0.3) is 0 Å². The zero-order valence-electron chi connectivity index (χ0n) is 5.84. The standard InChI is InChI=1S/C3H5F3O4S.H3N/c4-3(5,6)11(8,9)10-2-1-7;/h7H,1-2H2;1H3. The molecule has 0 aliphatic rings. The molecule has 76 valence electrons. The summed E-state index contributed by atoms with van der Waals surface area (Å²) in [5, 5.41) is 7.94. The second kappa shape index (κ2) is 4.60. The molecule has 4 N–H and O–H groups in total. The summed E-state index contributed by atoms with van der Waals surface area (Å²) in [7, 11) is -5.52. The first kappa shape index (κ1) is 14.2. The molecular formula is C3H8F3NO4S. The summed E-state index contributed by atoms with van der Waals surface area (Å²) >= 11 is 0. The van der Waals surface area contributed by atoms with Crippen LogP contribution in [0.15, 0.2) is 0 Å². The molecule has 0 rings (SSSR count). The fourth-order valence-corrected chi connectivity index (χ4v) is 0.641. The third-order valence-electron chi connectivity index (χ3n) is 0.613. The van der Waals surface area contributed by atoms with Crippen molar-refractivity contribution in [2.75, 3.05) is 13.2 Å². The molecule has 12 heavy (non-hydrogen) atoms. The van der Waals surface area contributed by atoms with E-state index in [1.165, 1.54) is 0 Å². The van der Waals surface area contributed by atoms with E-state index in [1.807, 2.05) is 0 Å². The molecule has 0 amide bonds. The van der Waals surface area contributed by atoms with E-state index in [0.29, 0.717) is 0 Å². The molecule has 0 aliphatic carbocycles. The van der Waals surface area contributed by atoms with E-state index < -0.39 is 28.8 Å². The van der Waals surface area contributed by atoms with Gasteiger partial charge in [-0.3, -0.25) is 4.18 Å². The summed E-state index contributed by atoms with van der Waals surface area (Å²) in [5.74, 6) is 0. The fourth-order valence-electron chi connectivity index (χ4n) is 0.214. The number of halogens is 3. The molecule has 0 saturated carbocycles. The van der Waals surface area contributed by atoms with Crippen LogP contribution in [0.1, 0.15) is 0 Å². The highest BCUT2D eigenvalue weighted by Crippen LogP contribution is 2.24. The van der Waals surface area contributed by atoms with Gasteiger partial charge in [-0.15, -0.1) is 0 Å². The van der Waals surface area contributed by atoms with E-state index in [-0.39, 0.29) is 6.15 Å². The van der Waals surface area contributed by atoms with Crippen molar-refractivity contribution in [3.63, 3.8) is 0 Å². The Morgan fingerprint density at radius 3 is 2.00 bits per heavy atom. The molecule has 0 aromatic heterocycles. The molecule has 0 aromatic rings. The second-order valence-corrected chi connectivity index (χ2v) is 3.05. The average molecular weight is 211 g/mol. The minimum atomic E-state index is -5.52. The number of rotatable bonds is 3. The summed E-state index contributed by atoms with van der Waals surface area (Å²) in [5.41, 5.74) is -5.41. The third-order valence-corrected chi connectivity index (χ3v) is 1.66. The lowest BCUT2D eigenvalue weighted by Gasteiger charge is -2.05. The van der Waals surface area contributed by atoms with E-state index in [4.69, 9.17) is 5.11 Å². The summed E-state index contributed by atoms with van der Waals surface area (Å²) in [6.07, 6.45) is 0. The maximum atomic E-state index is 11.4. The Balaban J connectivity index is 0. The Morgan fingerprint density at radius 2 is 1.75 bits per heavy atom. The first-order chi connectivity index (χ1) is 4.81. The van der Waals surface area contributed by atoms with Crippen LogP contribution in [0.2, 0.25) is 0 Å². The van der Waals surface area contributed by atoms with Crippen LogP contribution in [-0.2, 0) is 14.3 Å². The maximum Gasteiger partial charge on any atom is 0.523 e. The van der Waals surface area contributed by atoms with Crippen LogP contribution in [0.25, 0.3) is 0 Å². The van der Waals surface area contributed by atoms with Crippen molar-refractivity contribution in [3.8, 4) is 0 Å². The lowest BCUT2D eigenvalue weighted by molar-refractivity contribution is -0.0548. The highest BCUT2D eigenvalue weighted by Gasteiger charge is 2.47. The average Bonchev–Trinajstić information content (AvgIpc) is 1.81. The molecule has 0 aliphatic heterocycles. The van der Waals surface area contributed by atoms with Crippen LogP contribution in [0.4, 0.5) is 13.2 Å². The van der Waals surface area contributed by atoms with Crippen molar-refractivity contribution in [2.45, 2.75) is 5.51 Å². The van der Waals surface area contributed by atoms with E-state index in [1.54, 1.807) is 0 Å². The fraction of sp³-hybridized carbons (Fsp3) is 1.00. The number of alkyl halides is 3. The van der Waals surface area contributed by atoms with Crippen LogP contribution < -0.4 is 6.15 Å². The number of hydrogen-bond acceptors (Lipinski definition) is 5. The van der Waals surface area contributed by atoms with Gasteiger partial charge in [0, 0.05) is 0 Å². The predicted molar refractivity (Wildman–Crippen MR) is 33.0 cm³/mol. The largest absolute Gasteiger partial charge is 0.523 e. The van der Waals surface area contributed by atoms with E-state index >= 15 is 0 Å². The van der Waals surface area contributed by atoms with E-state index in [2.05, 4.69) is 4.18 Å². The number of aliphatic hydroxyl groups excluding tert-OH is 1. The van der Waals surface area contributed by atoms with Crippen LogP contribution in [-0.4, -0.2) is 32.2 Å². The van der Waals surface area contributed by atoms with Crippen LogP contribution in [0, 0.1) is 0 Å². The van der Waals surface area contributed by atoms with Gasteiger partial charge in [-0.1, -0.05) is 0 Å². The Kier molecular flexibility index (Phi) is 5.43. The van der Waals surface area contributed by atoms with Gasteiger partial charge in [0.1, 0.15) is 0 Å². The van der Waals surface area contributed by atoms with Crippen molar-refractivity contribution < 1.29 is 30.9 Å². The quantitative estimate of drug-likeness (QED) is 0.506. The summed E-state index contributed by atoms with van der Waals surface area (Å²) in [6.45, 7) is -1.67. The molecule has 0 spiro atoms. The minimum Gasteiger partial charge on any atom is -0.394 e. The molecule has 0 saturated heterocycles. The zero-order chi connectivity index (χ0) is 9.12. The number of hydrogen-bond donors (Lipinski definition) is 2. The van der Waals surface area contributed by atoms with Gasteiger partial charge in [0.15, 0.2) is 0 Å². The van der Waals surface area contributed by atoms with Gasteiger partial charge in [0.2, 0.25) is 0 Å². The Bertz CT molecular complexity index is 210. The Morgan fingerprint density at radius 1 is 1.33 bits per heavy atom. The molecule has 0 aromatic carbocycles. The Labute approximate surface area is 66.8 Å². The molecule has 0 radical (unpaired) electrons. The molecule has 0 unspecified atom stereocenters. The molecule has 0 atom stereocenters. The predicted octanol–water partition coefficient (Wildman–Crippen LogP) is 0.00690. The van der Waals surface area contributed by atoms with Crippen molar-refractivity contribution in [1.29, 1.82) is 0 Å². The molecule has 0 heterocycles. The highest BCUT2D eigenvalue weighted by molar-refractivity contribution is 7.87. The second-order valence-electron chi connectivity index (χ2n) is 1.45. The van der Waals surface area contributed by atoms with Gasteiger partial charge in [-0.2, -0.15) is 21.6 Å². The maximum absolute atomic E-state index is 11.4. The van der Waals surface area contributed by atoms with Gasteiger partial charge < -0.3 is 11.3 Å². The van der Waals surface area contributed by atoms with Crippen LogP contribution in [0.5, 0.6) is 0 Å². The molecule has 5 nitrogen and oxygen atoms in total. The Hall–Kier alpha value is -0.380. The lowest BCUT2D eigenvalue weighted by Crippen LogP contribution is -2.26. The van der Waals surface area contributed by atoms with Crippen molar-refractivity contribution in [1.82, 2.24) is 6.15 Å². The lowest BCUT2D eigenvalue weighted by atomic mass is 10.8. The normalized spacial score (nSPS) is 12.3. The van der Waals surface area contributed by atoms with E-state index in [9.17, 15) is 21.6 Å². The number of aliphatic hydroxyl groups is 1. The van der Waals surface area contributed by atoms with Crippen LogP contribution in [0.3, 0.4) is 0 Å². The first-order valence-corrected chi connectivity index (χ1v) is 3.78. The topological polar surface area (TPSA) is 98.6 Å². The van der Waals surface area contributed by atoms with Gasteiger partial charge in [0.05, 0.1) is 13.2 Å². The SMILES string of the molecule is N.O=S(=O)(OCCO)C(F)(F)F. The molecule has 9 heteroatoms. The first-order valence-electron chi connectivity index (χ1n) is 2.38. The van der Waals surface area contributed by atoms with Crippen molar-refractivity contribution in [3.05, 3.63) is 0 Å². The van der Waals surface area contributed by atoms with Crippen LogP contribution >= 0.6 is 0 Å². The monoisotopic (exact) mass is 211 g/mol. The van der Waals surface area contributed by atoms with E-state index in [0.717, 1.165) is 0 Å². The summed E-state index contributed by atoms with van der Waals surface area (Å²) in [4.78, 5) is 0. The molecule has 0 bridgehead atoms. The van der Waals surface area contributed by atoms with Gasteiger partial charge in [-0.05, 0) is 0 Å². The van der Waals surface area contributed by atoms with Gasteiger partial charge in [-0.25, -0.2) is 0 Å². The third kappa shape index (κ3) is 3.85. The minimum absolute atomic E-state index is 0. The van der Waals surface area contributed by atoms with Crippen molar-refractivity contribution in [2.24, 2.45) is 0 Å². The summed E-state index contributed by atoms with van der Waals surface area (Å²) in [6, 6.07) is 0. The molecule has 0 fully saturated rings. The molecular weight excluding hydrogens is 203 g/mol. The van der Waals surface area contributed by atoms with Crippen molar-refractivity contribution >= 4 is 10.1 Å². The van der Waals surface area contributed by atoms with Gasteiger partial charge >= 0.3 is 15.6 Å². The zero-order valence-corrected chi connectivity index (χ0v) is 6.65. The smallest absolute Gasteiger partial charge is 0.394 e.